The maximum atomic E-state index is 12.8. The number of unbranched alkanes of at least 4 members (excludes halogenated alkanes) is 1. The van der Waals surface area contributed by atoms with E-state index in [1.54, 1.807) is 11.8 Å². The summed E-state index contributed by atoms with van der Waals surface area (Å²) in [5.41, 5.74) is 1.63. The summed E-state index contributed by atoms with van der Waals surface area (Å²) in [4.78, 5) is 25.9. The number of carboxylic acids is 1. The zero-order chi connectivity index (χ0) is 24.6. The first-order valence-corrected chi connectivity index (χ1v) is 12.9. The van der Waals surface area contributed by atoms with Gasteiger partial charge < -0.3 is 24.8 Å². The van der Waals surface area contributed by atoms with Crippen LogP contribution in [0.15, 0.2) is 54.6 Å². The predicted molar refractivity (Wildman–Crippen MR) is 138 cm³/mol. The maximum Gasteiger partial charge on any atom is 0.333 e. The molecule has 2 aromatic rings. The molecule has 0 bridgehead atoms. The molecule has 2 N–H and O–H groups in total. The van der Waals surface area contributed by atoms with Crippen LogP contribution in [0.4, 0.5) is 10.5 Å². The normalized spacial score (nSPS) is 11.6. The fourth-order valence-corrected chi connectivity index (χ4v) is 4.24. The Morgan fingerprint density at radius 2 is 1.76 bits per heavy atom. The number of carbonyl (C=O) groups excluding carboxylic acids is 1. The number of rotatable bonds is 16. The highest BCUT2D eigenvalue weighted by molar-refractivity contribution is 7.99. The van der Waals surface area contributed by atoms with E-state index >= 15 is 0 Å². The molecule has 0 aliphatic heterocycles. The van der Waals surface area contributed by atoms with Crippen LogP contribution >= 0.6 is 11.8 Å². The summed E-state index contributed by atoms with van der Waals surface area (Å²) in [6.45, 7) is 5.76. The van der Waals surface area contributed by atoms with Crippen molar-refractivity contribution in [1.29, 1.82) is 0 Å². The summed E-state index contributed by atoms with van der Waals surface area (Å²) in [6, 6.07) is 16.6. The van der Waals surface area contributed by atoms with Crippen LogP contribution in [-0.4, -0.2) is 65.9 Å². The van der Waals surface area contributed by atoms with Gasteiger partial charge in [-0.05, 0) is 48.9 Å². The molecule has 8 heteroatoms. The van der Waals surface area contributed by atoms with Gasteiger partial charge in [0, 0.05) is 31.0 Å². The Bertz CT molecular complexity index is 848. The van der Waals surface area contributed by atoms with Gasteiger partial charge in [-0.2, -0.15) is 11.8 Å². The van der Waals surface area contributed by atoms with Crippen molar-refractivity contribution in [2.45, 2.75) is 39.2 Å². The molecule has 2 aromatic carbocycles. The fourth-order valence-electron chi connectivity index (χ4n) is 3.19. The largest absolute Gasteiger partial charge is 0.492 e. The number of nitrogens with one attached hydrogen (secondary N) is 1. The van der Waals surface area contributed by atoms with E-state index in [-0.39, 0.29) is 6.03 Å². The van der Waals surface area contributed by atoms with E-state index in [1.165, 1.54) is 12.8 Å². The minimum atomic E-state index is -0.969. The third kappa shape index (κ3) is 10.5. The Kier molecular flexibility index (Phi) is 13.0. The number of urea groups is 1. The van der Waals surface area contributed by atoms with E-state index in [0.29, 0.717) is 38.5 Å². The summed E-state index contributed by atoms with van der Waals surface area (Å²) < 4.78 is 11.1. The van der Waals surface area contributed by atoms with Crippen LogP contribution in [0.2, 0.25) is 0 Å². The third-order valence-corrected chi connectivity index (χ3v) is 6.13. The average molecular weight is 489 g/mol. The highest BCUT2D eigenvalue weighted by Crippen LogP contribution is 2.15. The molecule has 2 amide bonds. The van der Waals surface area contributed by atoms with E-state index in [2.05, 4.69) is 12.2 Å². The summed E-state index contributed by atoms with van der Waals surface area (Å²) in [7, 11) is 0. The molecular formula is C26H36N2O5S. The first kappa shape index (κ1) is 27.5. The molecule has 2 rings (SSSR count). The summed E-state index contributed by atoms with van der Waals surface area (Å²) in [6.07, 6.45) is 1.79. The van der Waals surface area contributed by atoms with Gasteiger partial charge in [-0.3, -0.25) is 0 Å². The Morgan fingerprint density at radius 1 is 1.03 bits per heavy atom. The number of benzene rings is 2. The van der Waals surface area contributed by atoms with Crippen LogP contribution in [0.5, 0.6) is 5.75 Å². The van der Waals surface area contributed by atoms with E-state index in [9.17, 15) is 14.7 Å². The molecule has 0 heterocycles. The Labute approximate surface area is 206 Å². The molecule has 0 aliphatic rings. The van der Waals surface area contributed by atoms with Crippen molar-refractivity contribution in [1.82, 2.24) is 4.90 Å². The second-order valence-corrected chi connectivity index (χ2v) is 8.95. The molecule has 1 atom stereocenters. The molecule has 7 nitrogen and oxygen atoms in total. The molecular weight excluding hydrogens is 452 g/mol. The molecule has 1 unspecified atom stereocenters. The average Bonchev–Trinajstić information content (AvgIpc) is 2.84. The second kappa shape index (κ2) is 16.0. The summed E-state index contributed by atoms with van der Waals surface area (Å²) in [5, 5.41) is 12.2. The lowest BCUT2D eigenvalue weighted by Gasteiger charge is -2.23. The first-order valence-electron chi connectivity index (χ1n) is 11.8. The molecule has 34 heavy (non-hydrogen) atoms. The smallest absolute Gasteiger partial charge is 0.333 e. The number of para-hydroxylation sites is 1. The number of carboxylic acid groups (broad SMARTS) is 1. The number of thioether (sulfide) groups is 1. The highest BCUT2D eigenvalue weighted by Gasteiger charge is 2.18. The zero-order valence-electron chi connectivity index (χ0n) is 20.1. The molecule has 0 aliphatic carbocycles. The number of amides is 2. The SMILES string of the molecule is CCCCSCCN(CCOc1ccc(CC(OCC)C(=O)O)cc1)C(=O)Nc1ccccc1. The minimum Gasteiger partial charge on any atom is -0.492 e. The Morgan fingerprint density at radius 3 is 2.41 bits per heavy atom. The lowest BCUT2D eigenvalue weighted by atomic mass is 10.1. The van der Waals surface area contributed by atoms with Crippen molar-refractivity contribution < 1.29 is 24.2 Å². The minimum absolute atomic E-state index is 0.142. The van der Waals surface area contributed by atoms with Crippen LogP contribution in [0.3, 0.4) is 0 Å². The van der Waals surface area contributed by atoms with Crippen LogP contribution in [0, 0.1) is 0 Å². The van der Waals surface area contributed by atoms with E-state index < -0.39 is 12.1 Å². The first-order chi connectivity index (χ1) is 16.5. The number of nitrogens with zero attached hydrogens (tertiary/aromatic N) is 1. The van der Waals surface area contributed by atoms with Gasteiger partial charge in [0.2, 0.25) is 0 Å². The van der Waals surface area contributed by atoms with Crippen molar-refractivity contribution >= 4 is 29.4 Å². The van der Waals surface area contributed by atoms with Crippen molar-refractivity contribution in [3.05, 3.63) is 60.2 Å². The van der Waals surface area contributed by atoms with E-state index in [4.69, 9.17) is 9.47 Å². The molecule has 0 spiro atoms. The van der Waals surface area contributed by atoms with Crippen LogP contribution < -0.4 is 10.1 Å². The molecule has 0 aromatic heterocycles. The van der Waals surface area contributed by atoms with Gasteiger partial charge in [0.15, 0.2) is 6.10 Å². The third-order valence-electron chi connectivity index (χ3n) is 5.08. The number of aliphatic carboxylic acids is 1. The molecule has 0 fully saturated rings. The number of ether oxygens (including phenoxy) is 2. The van der Waals surface area contributed by atoms with Crippen LogP contribution in [0.1, 0.15) is 32.3 Å². The Hall–Kier alpha value is -2.71. The van der Waals surface area contributed by atoms with E-state index in [0.717, 1.165) is 22.8 Å². The van der Waals surface area contributed by atoms with Gasteiger partial charge in [-0.25, -0.2) is 9.59 Å². The van der Waals surface area contributed by atoms with E-state index in [1.807, 2.05) is 66.4 Å². The number of hydrogen-bond acceptors (Lipinski definition) is 5. The van der Waals surface area contributed by atoms with Crippen molar-refractivity contribution in [2.24, 2.45) is 0 Å². The highest BCUT2D eigenvalue weighted by atomic mass is 32.2. The molecule has 0 saturated heterocycles. The topological polar surface area (TPSA) is 88.1 Å². The van der Waals surface area contributed by atoms with Crippen LogP contribution in [0.25, 0.3) is 0 Å². The maximum absolute atomic E-state index is 12.8. The van der Waals surface area contributed by atoms with Gasteiger partial charge in [0.25, 0.3) is 0 Å². The fraction of sp³-hybridized carbons (Fsp3) is 0.462. The summed E-state index contributed by atoms with van der Waals surface area (Å²) >= 11 is 1.86. The monoisotopic (exact) mass is 488 g/mol. The van der Waals surface area contributed by atoms with Gasteiger partial charge in [0.05, 0.1) is 6.54 Å². The number of anilines is 1. The van der Waals surface area contributed by atoms with Crippen LogP contribution in [-0.2, 0) is 16.0 Å². The van der Waals surface area contributed by atoms with Crippen molar-refractivity contribution in [3.8, 4) is 5.75 Å². The van der Waals surface area contributed by atoms with Crippen molar-refractivity contribution in [3.63, 3.8) is 0 Å². The lowest BCUT2D eigenvalue weighted by Crippen LogP contribution is -2.39. The Balaban J connectivity index is 1.87. The van der Waals surface area contributed by atoms with Gasteiger partial charge in [-0.15, -0.1) is 0 Å². The molecule has 0 radical (unpaired) electrons. The molecule has 0 saturated carbocycles. The number of carbonyl (C=O) groups is 2. The quantitative estimate of drug-likeness (QED) is 0.317. The second-order valence-electron chi connectivity index (χ2n) is 7.73. The molecule has 186 valence electrons. The lowest BCUT2D eigenvalue weighted by molar-refractivity contribution is -0.149. The summed E-state index contributed by atoms with van der Waals surface area (Å²) in [5.74, 6) is 1.68. The number of hydrogen-bond donors (Lipinski definition) is 2. The van der Waals surface area contributed by atoms with Gasteiger partial charge in [-0.1, -0.05) is 43.7 Å². The van der Waals surface area contributed by atoms with Crippen molar-refractivity contribution in [2.75, 3.05) is 43.1 Å². The zero-order valence-corrected chi connectivity index (χ0v) is 20.9. The van der Waals surface area contributed by atoms with Gasteiger partial charge >= 0.3 is 12.0 Å². The van der Waals surface area contributed by atoms with Gasteiger partial charge in [0.1, 0.15) is 12.4 Å². The predicted octanol–water partition coefficient (Wildman–Crippen LogP) is 5.17. The standard InChI is InChI=1S/C26H36N2O5S/c1-3-5-18-34-19-16-28(26(31)27-22-9-7-6-8-10-22)15-17-33-23-13-11-21(12-14-23)20-24(25(29)30)32-4-2/h6-14,24H,3-5,15-20H2,1-2H3,(H,27,31)(H,29,30).